The third kappa shape index (κ3) is 2.18. The zero-order chi connectivity index (χ0) is 15.9. The molecule has 1 aromatic rings. The van der Waals surface area contributed by atoms with E-state index >= 15 is 0 Å². The molecule has 6 nitrogen and oxygen atoms in total. The molecule has 0 aliphatic carbocycles. The Hall–Kier alpha value is -1.95. The predicted octanol–water partition coefficient (Wildman–Crippen LogP) is 2.58. The Bertz CT molecular complexity index is 597. The van der Waals surface area contributed by atoms with Crippen LogP contribution in [-0.4, -0.2) is 37.5 Å². The number of methoxy groups -OCH3 is 2. The van der Waals surface area contributed by atoms with E-state index in [-0.39, 0.29) is 35.4 Å². The molecule has 1 fully saturated rings. The first-order valence-corrected chi connectivity index (χ1v) is 7.44. The van der Waals surface area contributed by atoms with Crippen molar-refractivity contribution in [2.45, 2.75) is 44.5 Å². The number of phenols is 1. The molecular weight excluding hydrogens is 288 g/mol. The van der Waals surface area contributed by atoms with Crippen LogP contribution in [0.1, 0.15) is 48.2 Å². The lowest BCUT2D eigenvalue weighted by Gasteiger charge is -2.28. The number of fused-ring (bicyclic) bond motifs is 3. The number of carbonyl (C=O) groups is 1. The molecule has 1 aromatic carbocycles. The van der Waals surface area contributed by atoms with Crippen LogP contribution in [0.15, 0.2) is 6.07 Å². The predicted molar refractivity (Wildman–Crippen MR) is 77.6 cm³/mol. The fourth-order valence-corrected chi connectivity index (χ4v) is 3.25. The summed E-state index contributed by atoms with van der Waals surface area (Å²) in [7, 11) is 2.89. The molecule has 0 radical (unpaired) electrons. The van der Waals surface area contributed by atoms with E-state index in [2.05, 4.69) is 6.92 Å². The maximum Gasteiger partial charge on any atom is 0.342 e. The maximum atomic E-state index is 12.2. The van der Waals surface area contributed by atoms with Crippen molar-refractivity contribution < 1.29 is 28.8 Å². The molecule has 0 saturated carbocycles. The first-order chi connectivity index (χ1) is 10.6. The van der Waals surface area contributed by atoms with Gasteiger partial charge in [0.1, 0.15) is 17.8 Å². The second-order valence-corrected chi connectivity index (χ2v) is 5.57. The van der Waals surface area contributed by atoms with E-state index in [1.165, 1.54) is 14.2 Å². The molecule has 0 spiro atoms. The molecule has 2 aliphatic rings. The van der Waals surface area contributed by atoms with Crippen LogP contribution >= 0.6 is 0 Å². The van der Waals surface area contributed by atoms with E-state index < -0.39 is 5.97 Å². The van der Waals surface area contributed by atoms with E-state index in [0.29, 0.717) is 17.7 Å². The number of ether oxygens (including phenoxy) is 4. The summed E-state index contributed by atoms with van der Waals surface area (Å²) in [4.78, 5) is 12.2. The molecule has 0 aromatic heterocycles. The largest absolute Gasteiger partial charge is 0.504 e. The van der Waals surface area contributed by atoms with Gasteiger partial charge in [-0.2, -0.15) is 0 Å². The highest BCUT2D eigenvalue weighted by molar-refractivity contribution is 5.97. The lowest BCUT2D eigenvalue weighted by atomic mass is 9.93. The minimum atomic E-state index is -0.546. The summed E-state index contributed by atoms with van der Waals surface area (Å²) < 4.78 is 21.8. The van der Waals surface area contributed by atoms with Crippen molar-refractivity contribution in [3.05, 3.63) is 17.2 Å². The molecule has 1 N–H and O–H groups in total. The molecule has 3 rings (SSSR count). The van der Waals surface area contributed by atoms with Crippen molar-refractivity contribution >= 4 is 5.97 Å². The number of benzene rings is 1. The quantitative estimate of drug-likeness (QED) is 0.862. The van der Waals surface area contributed by atoms with Crippen LogP contribution < -0.4 is 9.47 Å². The Labute approximate surface area is 128 Å². The smallest absolute Gasteiger partial charge is 0.342 e. The highest BCUT2D eigenvalue weighted by Gasteiger charge is 2.46. The summed E-state index contributed by atoms with van der Waals surface area (Å²) >= 11 is 0. The first kappa shape index (κ1) is 15.0. The van der Waals surface area contributed by atoms with E-state index in [0.717, 1.165) is 12.8 Å². The monoisotopic (exact) mass is 308 g/mol. The number of hydrogen-bond acceptors (Lipinski definition) is 6. The van der Waals surface area contributed by atoms with Gasteiger partial charge < -0.3 is 24.1 Å². The molecule has 3 atom stereocenters. The fourth-order valence-electron chi connectivity index (χ4n) is 3.25. The number of carbonyl (C=O) groups excluding carboxylic acids is 1. The van der Waals surface area contributed by atoms with Gasteiger partial charge in [-0.25, -0.2) is 4.79 Å². The molecule has 22 heavy (non-hydrogen) atoms. The van der Waals surface area contributed by atoms with E-state index in [9.17, 15) is 9.90 Å². The average Bonchev–Trinajstić information content (AvgIpc) is 2.89. The van der Waals surface area contributed by atoms with Gasteiger partial charge in [0.25, 0.3) is 0 Å². The number of aromatic hydroxyl groups is 1. The molecule has 120 valence electrons. The molecule has 2 heterocycles. The lowest BCUT2D eigenvalue weighted by Crippen LogP contribution is -2.29. The van der Waals surface area contributed by atoms with Crippen LogP contribution in [0.4, 0.5) is 0 Å². The van der Waals surface area contributed by atoms with Gasteiger partial charge in [0.2, 0.25) is 5.75 Å². The number of hydrogen-bond donors (Lipinski definition) is 1. The second-order valence-electron chi connectivity index (χ2n) is 5.57. The van der Waals surface area contributed by atoms with Crippen LogP contribution in [0, 0.1) is 0 Å². The summed E-state index contributed by atoms with van der Waals surface area (Å²) in [5.41, 5.74) is 0.714. The molecule has 0 unspecified atom stereocenters. The summed E-state index contributed by atoms with van der Waals surface area (Å²) in [5.74, 6) is -0.312. The Morgan fingerprint density at radius 2 is 2.14 bits per heavy atom. The van der Waals surface area contributed by atoms with Gasteiger partial charge >= 0.3 is 5.97 Å². The van der Waals surface area contributed by atoms with Crippen molar-refractivity contribution in [3.8, 4) is 17.2 Å². The number of phenolic OH excluding ortho intramolecular Hbond substituents is 1. The van der Waals surface area contributed by atoms with Crippen molar-refractivity contribution in [3.63, 3.8) is 0 Å². The molecule has 2 aliphatic heterocycles. The zero-order valence-electron chi connectivity index (χ0n) is 12.9. The molecule has 6 heteroatoms. The summed E-state index contributed by atoms with van der Waals surface area (Å²) in [6, 6.07) is 1.69. The molecule has 0 bridgehead atoms. The third-order valence-electron chi connectivity index (χ3n) is 4.23. The highest BCUT2D eigenvalue weighted by Crippen LogP contribution is 2.49. The maximum absolute atomic E-state index is 12.2. The molecular formula is C16H20O6. The topological polar surface area (TPSA) is 74.2 Å². The third-order valence-corrected chi connectivity index (χ3v) is 4.23. The first-order valence-electron chi connectivity index (χ1n) is 7.44. The second kappa shape index (κ2) is 5.68. The minimum absolute atomic E-state index is 0.0639. The van der Waals surface area contributed by atoms with Crippen LogP contribution in [0.25, 0.3) is 0 Å². The Morgan fingerprint density at radius 1 is 1.36 bits per heavy atom. The fraction of sp³-hybridized carbons (Fsp3) is 0.562. The van der Waals surface area contributed by atoms with Crippen LogP contribution in [0.5, 0.6) is 17.2 Å². The summed E-state index contributed by atoms with van der Waals surface area (Å²) in [6.07, 6.45) is 1.98. The van der Waals surface area contributed by atoms with Gasteiger partial charge in [-0.15, -0.1) is 0 Å². The minimum Gasteiger partial charge on any atom is -0.504 e. The van der Waals surface area contributed by atoms with E-state index in [4.69, 9.17) is 18.9 Å². The summed E-state index contributed by atoms with van der Waals surface area (Å²) in [6.45, 7) is 2.09. The van der Waals surface area contributed by atoms with Gasteiger partial charge in [-0.1, -0.05) is 13.3 Å². The lowest BCUT2D eigenvalue weighted by molar-refractivity contribution is -0.0235. The van der Waals surface area contributed by atoms with Crippen molar-refractivity contribution in [1.29, 1.82) is 0 Å². The Morgan fingerprint density at radius 3 is 2.77 bits per heavy atom. The van der Waals surface area contributed by atoms with E-state index in [1.54, 1.807) is 6.07 Å². The summed E-state index contributed by atoms with van der Waals surface area (Å²) in [5, 5.41) is 10.3. The van der Waals surface area contributed by atoms with Crippen LogP contribution in [0.3, 0.4) is 0 Å². The van der Waals surface area contributed by atoms with Gasteiger partial charge in [0.05, 0.1) is 20.3 Å². The average molecular weight is 308 g/mol. The standard InChI is InChI=1S/C16H20O6/c1-4-5-8-6-11-14(21-8)9-7-10(19-2)15(20-3)13(17)12(9)16(18)22-11/h7-8,11,14,17H,4-6H2,1-3H3/t8-,11+,14-/m0/s1. The SMILES string of the molecule is CCC[C@H]1C[C@H]2OC(=O)c3c(cc(OC)c(OC)c3O)[C@@H]2O1. The highest BCUT2D eigenvalue weighted by atomic mass is 16.6. The van der Waals surface area contributed by atoms with Gasteiger partial charge in [-0.3, -0.25) is 0 Å². The Balaban J connectivity index is 2.07. The van der Waals surface area contributed by atoms with Crippen molar-refractivity contribution in [2.24, 2.45) is 0 Å². The zero-order valence-corrected chi connectivity index (χ0v) is 12.9. The van der Waals surface area contributed by atoms with Gasteiger partial charge in [0.15, 0.2) is 11.5 Å². The van der Waals surface area contributed by atoms with Crippen LogP contribution in [0.2, 0.25) is 0 Å². The van der Waals surface area contributed by atoms with Crippen molar-refractivity contribution in [1.82, 2.24) is 0 Å². The van der Waals surface area contributed by atoms with E-state index in [1.807, 2.05) is 0 Å². The van der Waals surface area contributed by atoms with Crippen molar-refractivity contribution in [2.75, 3.05) is 14.2 Å². The molecule has 1 saturated heterocycles. The number of esters is 1. The van der Waals surface area contributed by atoms with Gasteiger partial charge in [-0.05, 0) is 12.5 Å². The molecule has 0 amide bonds. The van der Waals surface area contributed by atoms with Gasteiger partial charge in [0, 0.05) is 12.0 Å². The number of rotatable bonds is 4. The van der Waals surface area contributed by atoms with Crippen LogP contribution in [-0.2, 0) is 9.47 Å². The normalized spacial score (nSPS) is 26.1. The Kier molecular flexibility index (Phi) is 3.87.